The molecule has 0 unspecified atom stereocenters. The molecular formula is C25H28N6O2S. The lowest BCUT2D eigenvalue weighted by molar-refractivity contribution is 0.0690. The molecule has 4 aromatic rings. The van der Waals surface area contributed by atoms with Crippen LogP contribution in [0.3, 0.4) is 0 Å². The van der Waals surface area contributed by atoms with Crippen LogP contribution in [-0.4, -0.2) is 36.3 Å². The maximum absolute atomic E-state index is 11.4. The first-order chi connectivity index (χ1) is 16.6. The van der Waals surface area contributed by atoms with Crippen molar-refractivity contribution in [3.05, 3.63) is 64.7 Å². The second-order valence-corrected chi connectivity index (χ2v) is 9.10. The number of aryl methyl sites for hydroxylation is 2. The van der Waals surface area contributed by atoms with Crippen LogP contribution in [0, 0.1) is 0 Å². The van der Waals surface area contributed by atoms with E-state index in [1.807, 2.05) is 23.7 Å². The minimum Gasteiger partial charge on any atom is -0.476 e. The van der Waals surface area contributed by atoms with Crippen molar-refractivity contribution >= 4 is 22.4 Å². The third kappa shape index (κ3) is 5.31. The van der Waals surface area contributed by atoms with Gasteiger partial charge in [-0.25, -0.2) is 14.5 Å². The summed E-state index contributed by atoms with van der Waals surface area (Å²) in [6.07, 6.45) is 3.70. The zero-order valence-corrected chi connectivity index (χ0v) is 20.2. The van der Waals surface area contributed by atoms with Crippen molar-refractivity contribution in [3.8, 4) is 22.5 Å². The summed E-state index contributed by atoms with van der Waals surface area (Å²) in [5, 5.41) is 25.6. The Kier molecular flexibility index (Phi) is 7.64. The average molecular weight is 477 g/mol. The van der Waals surface area contributed by atoms with E-state index in [0.29, 0.717) is 11.7 Å². The molecule has 9 heteroatoms. The van der Waals surface area contributed by atoms with Crippen LogP contribution in [0.2, 0.25) is 0 Å². The smallest absolute Gasteiger partial charge is 0.355 e. The van der Waals surface area contributed by atoms with E-state index in [9.17, 15) is 9.90 Å². The summed E-state index contributed by atoms with van der Waals surface area (Å²) >= 11 is 1.41. The van der Waals surface area contributed by atoms with E-state index in [0.717, 1.165) is 65.2 Å². The number of carboxylic acids is 1. The van der Waals surface area contributed by atoms with Gasteiger partial charge < -0.3 is 10.4 Å². The average Bonchev–Trinajstić information content (AvgIpc) is 3.49. The molecule has 2 N–H and O–H groups in total. The predicted molar refractivity (Wildman–Crippen MR) is 134 cm³/mol. The third-order valence-corrected chi connectivity index (χ3v) is 6.58. The summed E-state index contributed by atoms with van der Waals surface area (Å²) in [5.74, 6) is -0.202. The number of carboxylic acid groups (broad SMARTS) is 1. The number of aromatic carboxylic acids is 1. The maximum Gasteiger partial charge on any atom is 0.355 e. The summed E-state index contributed by atoms with van der Waals surface area (Å²) < 4.78 is 1.87. The van der Waals surface area contributed by atoms with Crippen molar-refractivity contribution < 1.29 is 9.90 Å². The molecule has 0 bridgehead atoms. The second-order valence-electron chi connectivity index (χ2n) is 8.02. The monoisotopic (exact) mass is 476 g/mol. The first kappa shape index (κ1) is 23.6. The van der Waals surface area contributed by atoms with E-state index in [2.05, 4.69) is 69.1 Å². The Hall–Kier alpha value is -3.59. The molecule has 0 aliphatic heterocycles. The first-order valence-corrected chi connectivity index (χ1v) is 12.3. The van der Waals surface area contributed by atoms with E-state index in [1.165, 1.54) is 11.3 Å². The van der Waals surface area contributed by atoms with Gasteiger partial charge in [-0.1, -0.05) is 75.2 Å². The highest BCUT2D eigenvalue weighted by Crippen LogP contribution is 2.31. The van der Waals surface area contributed by atoms with Gasteiger partial charge in [-0.05, 0) is 40.0 Å². The molecule has 8 nitrogen and oxygen atoms in total. The molecule has 34 heavy (non-hydrogen) atoms. The number of tetrazole rings is 1. The number of nitrogens with one attached hydrogen (secondary N) is 1. The maximum atomic E-state index is 11.4. The fourth-order valence-corrected chi connectivity index (χ4v) is 4.81. The molecule has 0 radical (unpaired) electrons. The number of hydrogen-bond donors (Lipinski definition) is 2. The summed E-state index contributed by atoms with van der Waals surface area (Å²) in [6, 6.07) is 16.5. The zero-order valence-electron chi connectivity index (χ0n) is 19.4. The van der Waals surface area contributed by atoms with Crippen molar-refractivity contribution in [3.63, 3.8) is 0 Å². The molecule has 0 aliphatic carbocycles. The fourth-order valence-electron chi connectivity index (χ4n) is 3.76. The molecular weight excluding hydrogens is 448 g/mol. The molecule has 2 aromatic carbocycles. The van der Waals surface area contributed by atoms with Crippen molar-refractivity contribution in [1.29, 1.82) is 0 Å². The van der Waals surface area contributed by atoms with Crippen LogP contribution in [-0.2, 0) is 19.5 Å². The van der Waals surface area contributed by atoms with Crippen LogP contribution in [0.1, 0.15) is 54.0 Å². The molecule has 2 aromatic heterocycles. The SMILES string of the molecule is CCCCn1nnnc1-c1ccccc1-c1ccc(CNc2nc(C(=O)O)c(CCC)s2)cc1. The van der Waals surface area contributed by atoms with E-state index < -0.39 is 5.97 Å². The summed E-state index contributed by atoms with van der Waals surface area (Å²) in [7, 11) is 0. The minimum atomic E-state index is -0.975. The van der Waals surface area contributed by atoms with Crippen molar-refractivity contribution in [2.75, 3.05) is 5.32 Å². The molecule has 0 aliphatic rings. The van der Waals surface area contributed by atoms with Gasteiger partial charge >= 0.3 is 5.97 Å². The Labute approximate surface area is 202 Å². The van der Waals surface area contributed by atoms with Crippen LogP contribution in [0.15, 0.2) is 48.5 Å². The van der Waals surface area contributed by atoms with Gasteiger partial charge in [-0.2, -0.15) is 0 Å². The predicted octanol–water partition coefficient (Wildman–Crippen LogP) is 5.53. The molecule has 0 fully saturated rings. The number of benzene rings is 2. The normalized spacial score (nSPS) is 11.0. The summed E-state index contributed by atoms with van der Waals surface area (Å²) in [5.41, 5.74) is 4.39. The van der Waals surface area contributed by atoms with Crippen molar-refractivity contribution in [2.24, 2.45) is 0 Å². The molecule has 0 amide bonds. The first-order valence-electron chi connectivity index (χ1n) is 11.5. The van der Waals surface area contributed by atoms with Gasteiger partial charge in [0.2, 0.25) is 0 Å². The van der Waals surface area contributed by atoms with Gasteiger partial charge in [-0.15, -0.1) is 16.4 Å². The number of hydrogen-bond acceptors (Lipinski definition) is 7. The number of rotatable bonds is 11. The topological polar surface area (TPSA) is 106 Å². The number of aromatic nitrogens is 5. The lowest BCUT2D eigenvalue weighted by Gasteiger charge is -2.11. The molecule has 0 saturated heterocycles. The standard InChI is InChI=1S/C25H28N6O2S/c1-3-5-15-31-23(28-29-30-31)20-10-7-6-9-19(20)18-13-11-17(12-14-18)16-26-25-27-22(24(32)33)21(34-25)8-4-2/h6-7,9-14H,3-5,8,15-16H2,1-2H3,(H,26,27)(H,32,33). The van der Waals surface area contributed by atoms with Gasteiger partial charge in [0.1, 0.15) is 0 Å². The van der Waals surface area contributed by atoms with Crippen molar-refractivity contribution in [2.45, 2.75) is 52.6 Å². The van der Waals surface area contributed by atoms with Crippen LogP contribution < -0.4 is 5.32 Å². The van der Waals surface area contributed by atoms with E-state index in [1.54, 1.807) is 0 Å². The quantitative estimate of drug-likeness (QED) is 0.293. The third-order valence-electron chi connectivity index (χ3n) is 5.51. The minimum absolute atomic E-state index is 0.155. The largest absolute Gasteiger partial charge is 0.476 e. The van der Waals surface area contributed by atoms with Crippen LogP contribution in [0.5, 0.6) is 0 Å². The Morgan fingerprint density at radius 3 is 2.53 bits per heavy atom. The number of anilines is 1. The number of nitrogens with zero attached hydrogens (tertiary/aromatic N) is 5. The number of carbonyl (C=O) groups is 1. The Morgan fingerprint density at radius 2 is 1.82 bits per heavy atom. The van der Waals surface area contributed by atoms with Crippen LogP contribution >= 0.6 is 11.3 Å². The van der Waals surface area contributed by atoms with Gasteiger partial charge in [0.05, 0.1) is 0 Å². The Bertz CT molecular complexity index is 1250. The van der Waals surface area contributed by atoms with Crippen LogP contribution in [0.25, 0.3) is 22.5 Å². The van der Waals surface area contributed by atoms with E-state index in [4.69, 9.17) is 0 Å². The highest BCUT2D eigenvalue weighted by molar-refractivity contribution is 7.15. The highest BCUT2D eigenvalue weighted by atomic mass is 32.1. The Balaban J connectivity index is 1.51. The summed E-state index contributed by atoms with van der Waals surface area (Å²) in [4.78, 5) is 16.5. The van der Waals surface area contributed by atoms with Crippen LogP contribution in [0.4, 0.5) is 5.13 Å². The van der Waals surface area contributed by atoms with Gasteiger partial charge in [0.25, 0.3) is 0 Å². The van der Waals surface area contributed by atoms with Gasteiger partial charge in [0.15, 0.2) is 16.6 Å². The molecule has 0 saturated carbocycles. The second kappa shape index (κ2) is 11.0. The highest BCUT2D eigenvalue weighted by Gasteiger charge is 2.17. The molecule has 176 valence electrons. The number of unbranched alkanes of at least 4 members (excludes halogenated alkanes) is 1. The lowest BCUT2D eigenvalue weighted by atomic mass is 9.98. The number of thiazole rings is 1. The molecule has 2 heterocycles. The summed E-state index contributed by atoms with van der Waals surface area (Å²) in [6.45, 7) is 5.54. The fraction of sp³-hybridized carbons (Fsp3) is 0.320. The molecule has 0 atom stereocenters. The molecule has 4 rings (SSSR count). The zero-order chi connectivity index (χ0) is 23.9. The van der Waals surface area contributed by atoms with Gasteiger partial charge in [0, 0.05) is 23.5 Å². The van der Waals surface area contributed by atoms with E-state index >= 15 is 0 Å². The van der Waals surface area contributed by atoms with Gasteiger partial charge in [-0.3, -0.25) is 0 Å². The molecule has 0 spiro atoms. The van der Waals surface area contributed by atoms with E-state index in [-0.39, 0.29) is 5.69 Å². The van der Waals surface area contributed by atoms with Crippen molar-refractivity contribution in [1.82, 2.24) is 25.2 Å². The lowest BCUT2D eigenvalue weighted by Crippen LogP contribution is -2.03. The Morgan fingerprint density at radius 1 is 1.06 bits per heavy atom.